The van der Waals surface area contributed by atoms with Crippen molar-refractivity contribution in [2.45, 2.75) is 26.9 Å². The van der Waals surface area contributed by atoms with E-state index in [-0.39, 0.29) is 24.5 Å². The molecule has 0 fully saturated rings. The minimum absolute atomic E-state index is 0.0705. The monoisotopic (exact) mass is 232 g/mol. The minimum atomic E-state index is -0.220. The zero-order valence-electron chi connectivity index (χ0n) is 9.82. The number of carbonyl (C=O) groups is 1. The van der Waals surface area contributed by atoms with Gasteiger partial charge >= 0.3 is 5.97 Å². The first-order valence-corrected chi connectivity index (χ1v) is 5.41. The molecular formula is C10H20N2O2S. The molecule has 1 atom stereocenters. The predicted molar refractivity (Wildman–Crippen MR) is 64.7 cm³/mol. The number of rotatable bonds is 6. The number of ether oxygens (including phenoxy) is 1. The second-order valence-electron chi connectivity index (χ2n) is 4.04. The summed E-state index contributed by atoms with van der Waals surface area (Å²) in [5.74, 6) is -0.112. The first-order chi connectivity index (χ1) is 6.82. The third kappa shape index (κ3) is 7.27. The number of likely N-dealkylation sites (N-methyl/N-ethyl adjacent to an activating group) is 1. The molecule has 0 aliphatic rings. The summed E-state index contributed by atoms with van der Waals surface area (Å²) in [5, 5.41) is 0. The van der Waals surface area contributed by atoms with Gasteiger partial charge in [0.05, 0.1) is 17.6 Å². The molecule has 5 heteroatoms. The molecule has 0 amide bonds. The molecule has 15 heavy (non-hydrogen) atoms. The number of esters is 1. The molecule has 0 aromatic rings. The zero-order valence-corrected chi connectivity index (χ0v) is 10.6. The summed E-state index contributed by atoms with van der Waals surface area (Å²) < 4.78 is 5.02. The average molecular weight is 232 g/mol. The van der Waals surface area contributed by atoms with Gasteiger partial charge in [0.25, 0.3) is 0 Å². The SMILES string of the molecule is CC(C)OC(=O)CN(C)CC(C)C(N)=S. The van der Waals surface area contributed by atoms with Crippen LogP contribution in [0.15, 0.2) is 0 Å². The van der Waals surface area contributed by atoms with Crippen LogP contribution in [0.1, 0.15) is 20.8 Å². The molecule has 0 bridgehead atoms. The van der Waals surface area contributed by atoms with Crippen LogP contribution in [-0.4, -0.2) is 42.1 Å². The molecule has 88 valence electrons. The van der Waals surface area contributed by atoms with Crippen LogP contribution in [0.2, 0.25) is 0 Å². The molecule has 0 spiro atoms. The number of nitrogens with zero attached hydrogens (tertiary/aromatic N) is 1. The Labute approximate surface area is 96.8 Å². The van der Waals surface area contributed by atoms with E-state index in [2.05, 4.69) is 0 Å². The Balaban J connectivity index is 3.87. The van der Waals surface area contributed by atoms with Crippen LogP contribution in [-0.2, 0) is 9.53 Å². The number of hydrogen-bond donors (Lipinski definition) is 1. The van der Waals surface area contributed by atoms with Crippen molar-refractivity contribution in [2.75, 3.05) is 20.1 Å². The third-order valence-electron chi connectivity index (χ3n) is 1.84. The Kier molecular flexibility index (Phi) is 6.43. The van der Waals surface area contributed by atoms with Crippen molar-refractivity contribution in [1.29, 1.82) is 0 Å². The van der Waals surface area contributed by atoms with Gasteiger partial charge in [-0.25, -0.2) is 0 Å². The summed E-state index contributed by atoms with van der Waals surface area (Å²) in [6.07, 6.45) is -0.0705. The lowest BCUT2D eigenvalue weighted by Gasteiger charge is -2.20. The fraction of sp³-hybridized carbons (Fsp3) is 0.800. The number of nitrogens with two attached hydrogens (primary N) is 1. The Morgan fingerprint density at radius 1 is 1.47 bits per heavy atom. The highest BCUT2D eigenvalue weighted by Gasteiger charge is 2.13. The molecule has 0 radical (unpaired) electrons. The van der Waals surface area contributed by atoms with Crippen LogP contribution < -0.4 is 5.73 Å². The van der Waals surface area contributed by atoms with Gasteiger partial charge in [-0.3, -0.25) is 9.69 Å². The lowest BCUT2D eigenvalue weighted by molar-refractivity contribution is -0.148. The summed E-state index contributed by atoms with van der Waals surface area (Å²) in [6.45, 7) is 6.53. The summed E-state index contributed by atoms with van der Waals surface area (Å²) >= 11 is 4.86. The molecule has 0 rings (SSSR count). The van der Waals surface area contributed by atoms with Gasteiger partial charge in [-0.05, 0) is 20.9 Å². The highest BCUT2D eigenvalue weighted by atomic mass is 32.1. The van der Waals surface area contributed by atoms with Crippen molar-refractivity contribution in [2.24, 2.45) is 11.7 Å². The first-order valence-electron chi connectivity index (χ1n) is 5.00. The molecule has 0 saturated heterocycles. The van der Waals surface area contributed by atoms with Crippen LogP contribution in [0.4, 0.5) is 0 Å². The van der Waals surface area contributed by atoms with E-state index in [1.54, 1.807) is 0 Å². The predicted octanol–water partition coefficient (Wildman–Crippen LogP) is 0.792. The molecule has 0 aromatic heterocycles. The van der Waals surface area contributed by atoms with Crippen molar-refractivity contribution < 1.29 is 9.53 Å². The van der Waals surface area contributed by atoms with Crippen LogP contribution in [0.5, 0.6) is 0 Å². The van der Waals surface area contributed by atoms with E-state index in [0.29, 0.717) is 11.5 Å². The van der Waals surface area contributed by atoms with E-state index < -0.39 is 0 Å². The molecule has 2 N–H and O–H groups in total. The summed E-state index contributed by atoms with van der Waals surface area (Å²) in [6, 6.07) is 0. The van der Waals surface area contributed by atoms with E-state index in [9.17, 15) is 4.79 Å². The molecule has 4 nitrogen and oxygen atoms in total. The van der Waals surface area contributed by atoms with Gasteiger partial charge in [-0.2, -0.15) is 0 Å². The van der Waals surface area contributed by atoms with Gasteiger partial charge in [-0.15, -0.1) is 0 Å². The Morgan fingerprint density at radius 3 is 2.40 bits per heavy atom. The largest absolute Gasteiger partial charge is 0.462 e. The van der Waals surface area contributed by atoms with E-state index in [1.165, 1.54) is 0 Å². The maximum atomic E-state index is 11.3. The first kappa shape index (κ1) is 14.3. The van der Waals surface area contributed by atoms with Gasteiger partial charge in [0.2, 0.25) is 0 Å². The van der Waals surface area contributed by atoms with E-state index in [0.717, 1.165) is 0 Å². The average Bonchev–Trinajstić information content (AvgIpc) is 2.00. The normalized spacial score (nSPS) is 12.9. The fourth-order valence-electron chi connectivity index (χ4n) is 1.14. The number of carbonyl (C=O) groups excluding carboxylic acids is 1. The smallest absolute Gasteiger partial charge is 0.320 e. The summed E-state index contributed by atoms with van der Waals surface area (Å²) in [4.78, 5) is 13.6. The van der Waals surface area contributed by atoms with Crippen molar-refractivity contribution >= 4 is 23.2 Å². The molecular weight excluding hydrogens is 212 g/mol. The Hall–Kier alpha value is -0.680. The Bertz CT molecular complexity index is 231. The van der Waals surface area contributed by atoms with Crippen molar-refractivity contribution in [3.8, 4) is 0 Å². The highest BCUT2D eigenvalue weighted by molar-refractivity contribution is 7.80. The van der Waals surface area contributed by atoms with Crippen LogP contribution >= 0.6 is 12.2 Å². The quantitative estimate of drug-likeness (QED) is 0.542. The number of thiocarbonyl (C=S) groups is 1. The molecule has 0 saturated carbocycles. The second-order valence-corrected chi connectivity index (χ2v) is 4.51. The maximum Gasteiger partial charge on any atom is 0.320 e. The van der Waals surface area contributed by atoms with Crippen molar-refractivity contribution in [3.63, 3.8) is 0 Å². The molecule has 0 aliphatic heterocycles. The van der Waals surface area contributed by atoms with Gasteiger partial charge in [0, 0.05) is 12.5 Å². The molecule has 0 heterocycles. The van der Waals surface area contributed by atoms with Crippen molar-refractivity contribution in [3.05, 3.63) is 0 Å². The van der Waals surface area contributed by atoms with Gasteiger partial charge in [0.15, 0.2) is 0 Å². The van der Waals surface area contributed by atoms with Gasteiger partial charge < -0.3 is 10.5 Å². The van der Waals surface area contributed by atoms with Crippen LogP contribution in [0.25, 0.3) is 0 Å². The Morgan fingerprint density at radius 2 is 2.00 bits per heavy atom. The molecule has 0 aliphatic carbocycles. The third-order valence-corrected chi connectivity index (χ3v) is 2.24. The number of hydrogen-bond acceptors (Lipinski definition) is 4. The lowest BCUT2D eigenvalue weighted by Crippen LogP contribution is -2.35. The summed E-state index contributed by atoms with van der Waals surface area (Å²) in [5.41, 5.74) is 5.48. The lowest BCUT2D eigenvalue weighted by atomic mass is 10.2. The summed E-state index contributed by atoms with van der Waals surface area (Å²) in [7, 11) is 1.84. The highest BCUT2D eigenvalue weighted by Crippen LogP contribution is 1.99. The van der Waals surface area contributed by atoms with Crippen LogP contribution in [0, 0.1) is 5.92 Å². The van der Waals surface area contributed by atoms with Gasteiger partial charge in [0.1, 0.15) is 0 Å². The minimum Gasteiger partial charge on any atom is -0.462 e. The van der Waals surface area contributed by atoms with E-state index in [1.807, 2.05) is 32.7 Å². The van der Waals surface area contributed by atoms with Crippen molar-refractivity contribution in [1.82, 2.24) is 4.90 Å². The maximum absolute atomic E-state index is 11.3. The van der Waals surface area contributed by atoms with Crippen LogP contribution in [0.3, 0.4) is 0 Å². The molecule has 0 aromatic carbocycles. The zero-order chi connectivity index (χ0) is 12.0. The van der Waals surface area contributed by atoms with E-state index >= 15 is 0 Å². The molecule has 1 unspecified atom stereocenters. The second kappa shape index (κ2) is 6.74. The topological polar surface area (TPSA) is 55.6 Å². The van der Waals surface area contributed by atoms with E-state index in [4.69, 9.17) is 22.7 Å². The van der Waals surface area contributed by atoms with Gasteiger partial charge in [-0.1, -0.05) is 19.1 Å². The fourth-order valence-corrected chi connectivity index (χ4v) is 1.22. The standard InChI is InChI=1S/C10H20N2O2S/c1-7(2)14-9(13)6-12(4)5-8(3)10(11)15/h7-8H,5-6H2,1-4H3,(H2,11,15).